The Morgan fingerprint density at radius 2 is 1.91 bits per heavy atom. The van der Waals surface area contributed by atoms with Gasteiger partial charge in [0.05, 0.1) is 12.7 Å². The molecule has 2 aromatic rings. The molecule has 0 amide bonds. The molecule has 3 rings (SSSR count). The molecule has 1 aliphatic heterocycles. The van der Waals surface area contributed by atoms with Crippen molar-refractivity contribution in [3.05, 3.63) is 70.2 Å². The Morgan fingerprint density at radius 1 is 1.22 bits per heavy atom. The molecule has 1 heterocycles. The van der Waals surface area contributed by atoms with Gasteiger partial charge in [0.15, 0.2) is 0 Å². The highest BCUT2D eigenvalue weighted by Crippen LogP contribution is 2.63. The molecule has 0 unspecified atom stereocenters. The van der Waals surface area contributed by atoms with Crippen LogP contribution >= 0.6 is 23.5 Å². The number of rotatable bonds is 5. The van der Waals surface area contributed by atoms with Crippen LogP contribution in [0, 0.1) is 0 Å². The summed E-state index contributed by atoms with van der Waals surface area (Å²) in [6.07, 6.45) is -0.155. The average Bonchev–Trinajstić information content (AvgIpc) is 2.90. The highest BCUT2D eigenvalue weighted by molar-refractivity contribution is 9.10. The summed E-state index contributed by atoms with van der Waals surface area (Å²) in [6.45, 7) is 2.82. The molecule has 23 heavy (non-hydrogen) atoms. The largest absolute Gasteiger partial charge is 0.352 e. The first kappa shape index (κ1) is 16.9. The summed E-state index contributed by atoms with van der Waals surface area (Å²) in [4.78, 5) is 0. The van der Waals surface area contributed by atoms with Crippen LogP contribution in [0.5, 0.6) is 0 Å². The molecule has 0 bridgehead atoms. The van der Waals surface area contributed by atoms with Gasteiger partial charge in [0, 0.05) is 11.0 Å². The molecular formula is C17H19BrNO3P. The Morgan fingerprint density at radius 3 is 2.52 bits per heavy atom. The van der Waals surface area contributed by atoms with Crippen molar-refractivity contribution in [2.75, 3.05) is 6.61 Å². The Bertz CT molecular complexity index is 693. The van der Waals surface area contributed by atoms with Gasteiger partial charge in [0.1, 0.15) is 5.78 Å². The van der Waals surface area contributed by atoms with Crippen LogP contribution in [0.1, 0.15) is 23.8 Å². The van der Waals surface area contributed by atoms with Crippen LogP contribution < -0.4 is 5.32 Å². The molecule has 3 atom stereocenters. The van der Waals surface area contributed by atoms with E-state index in [1.165, 1.54) is 0 Å². The first-order chi connectivity index (χ1) is 11.1. The van der Waals surface area contributed by atoms with Gasteiger partial charge in [-0.1, -0.05) is 58.4 Å². The lowest BCUT2D eigenvalue weighted by Gasteiger charge is -2.24. The maximum Gasteiger partial charge on any atom is 0.352 e. The van der Waals surface area contributed by atoms with E-state index < -0.39 is 13.4 Å². The molecule has 1 N–H and O–H groups in total. The van der Waals surface area contributed by atoms with E-state index >= 15 is 0 Å². The molecule has 122 valence electrons. The van der Waals surface area contributed by atoms with Crippen molar-refractivity contribution in [2.24, 2.45) is 0 Å². The summed E-state index contributed by atoms with van der Waals surface area (Å²) in [5.74, 6) is -0.485. The maximum atomic E-state index is 13.1. The minimum Gasteiger partial charge on any atom is -0.304 e. The predicted octanol–water partition coefficient (Wildman–Crippen LogP) is 4.87. The molecular weight excluding hydrogens is 377 g/mol. The molecule has 0 aromatic heterocycles. The Balaban J connectivity index is 1.84. The predicted molar refractivity (Wildman–Crippen MR) is 94.3 cm³/mol. The van der Waals surface area contributed by atoms with E-state index in [1.54, 1.807) is 0 Å². The minimum absolute atomic E-state index is 0.155. The second-order valence-electron chi connectivity index (χ2n) is 5.57. The van der Waals surface area contributed by atoms with E-state index in [0.717, 1.165) is 15.6 Å². The summed E-state index contributed by atoms with van der Waals surface area (Å²) in [6, 6.07) is 17.7. The van der Waals surface area contributed by atoms with Gasteiger partial charge in [-0.15, -0.1) is 0 Å². The van der Waals surface area contributed by atoms with E-state index in [-0.39, 0.29) is 6.10 Å². The van der Waals surface area contributed by atoms with Crippen molar-refractivity contribution >= 4 is 23.5 Å². The fourth-order valence-electron chi connectivity index (χ4n) is 2.52. The lowest BCUT2D eigenvalue weighted by Crippen LogP contribution is -2.21. The monoisotopic (exact) mass is 395 g/mol. The van der Waals surface area contributed by atoms with Crippen molar-refractivity contribution in [3.8, 4) is 0 Å². The van der Waals surface area contributed by atoms with E-state index in [9.17, 15) is 4.57 Å². The first-order valence-corrected chi connectivity index (χ1v) is 9.93. The normalized spacial score (nSPS) is 25.4. The summed E-state index contributed by atoms with van der Waals surface area (Å²) in [5.41, 5.74) is 2.01. The van der Waals surface area contributed by atoms with E-state index in [1.807, 2.05) is 61.5 Å². The number of hydrogen-bond donors (Lipinski definition) is 1. The average molecular weight is 396 g/mol. The highest BCUT2D eigenvalue weighted by atomic mass is 79.9. The molecule has 1 aliphatic rings. The van der Waals surface area contributed by atoms with E-state index in [0.29, 0.717) is 13.2 Å². The van der Waals surface area contributed by atoms with Crippen LogP contribution in [-0.2, 0) is 20.2 Å². The molecule has 2 aromatic carbocycles. The zero-order valence-electron chi connectivity index (χ0n) is 12.8. The second-order valence-corrected chi connectivity index (χ2v) is 8.55. The van der Waals surface area contributed by atoms with Crippen LogP contribution in [0.25, 0.3) is 0 Å². The molecule has 4 nitrogen and oxygen atoms in total. The van der Waals surface area contributed by atoms with Crippen LogP contribution in [0.4, 0.5) is 0 Å². The fourth-order valence-corrected chi connectivity index (χ4v) is 4.95. The molecule has 0 saturated carbocycles. The summed E-state index contributed by atoms with van der Waals surface area (Å²) >= 11 is 3.42. The molecule has 1 saturated heterocycles. The number of hydrogen-bond acceptors (Lipinski definition) is 4. The fraction of sp³-hybridized carbons (Fsp3) is 0.294. The maximum absolute atomic E-state index is 13.1. The zero-order valence-corrected chi connectivity index (χ0v) is 15.3. The van der Waals surface area contributed by atoms with Crippen LogP contribution in [-0.4, -0.2) is 12.7 Å². The lowest BCUT2D eigenvalue weighted by molar-refractivity contribution is 0.253. The van der Waals surface area contributed by atoms with Crippen molar-refractivity contribution < 1.29 is 13.6 Å². The Labute approximate surface area is 144 Å². The third kappa shape index (κ3) is 4.11. The van der Waals surface area contributed by atoms with E-state index in [2.05, 4.69) is 21.2 Å². The van der Waals surface area contributed by atoms with Gasteiger partial charge in [-0.3, -0.25) is 9.88 Å². The zero-order chi connectivity index (χ0) is 16.3. The second kappa shape index (κ2) is 7.29. The number of nitrogens with one attached hydrogen (secondary N) is 1. The van der Waals surface area contributed by atoms with Gasteiger partial charge in [-0.05, 0) is 30.2 Å². The third-order valence-corrected chi connectivity index (χ3v) is 6.46. The quantitative estimate of drug-likeness (QED) is 0.733. The summed E-state index contributed by atoms with van der Waals surface area (Å²) in [7, 11) is -3.24. The molecule has 0 spiro atoms. The van der Waals surface area contributed by atoms with Gasteiger partial charge >= 0.3 is 7.60 Å². The summed E-state index contributed by atoms with van der Waals surface area (Å²) in [5, 5.41) is 3.35. The Hall–Kier alpha value is -0.970. The topological polar surface area (TPSA) is 47.6 Å². The van der Waals surface area contributed by atoms with Crippen molar-refractivity contribution in [1.29, 1.82) is 0 Å². The lowest BCUT2D eigenvalue weighted by atomic mass is 10.2. The van der Waals surface area contributed by atoms with Crippen molar-refractivity contribution in [2.45, 2.75) is 25.4 Å². The number of halogens is 1. The minimum atomic E-state index is -3.24. The van der Waals surface area contributed by atoms with Crippen molar-refractivity contribution in [1.82, 2.24) is 5.32 Å². The third-order valence-electron chi connectivity index (χ3n) is 3.66. The van der Waals surface area contributed by atoms with Crippen molar-refractivity contribution in [3.63, 3.8) is 0 Å². The standard InChI is InChI=1S/C17H19BrNO3P/c1-13-12-21-23(20,22-13)17(15-7-9-16(18)10-8-15)19-11-14-5-3-2-4-6-14/h2-10,13,17,19H,11-12H2,1H3/t13-,17-,23-/m0/s1. The van der Waals surface area contributed by atoms with Gasteiger partial charge in [0.2, 0.25) is 0 Å². The smallest absolute Gasteiger partial charge is 0.304 e. The van der Waals surface area contributed by atoms with E-state index in [4.69, 9.17) is 9.05 Å². The Kier molecular flexibility index (Phi) is 5.34. The SMILES string of the molecule is C[C@H]1CO[P@@](=O)([C@H](NCc2ccccc2)c2ccc(Br)cc2)O1. The van der Waals surface area contributed by atoms with Gasteiger partial charge in [-0.2, -0.15) is 0 Å². The molecule has 0 radical (unpaired) electrons. The number of benzene rings is 2. The van der Waals surface area contributed by atoms with Crippen LogP contribution in [0.3, 0.4) is 0 Å². The van der Waals surface area contributed by atoms with Crippen LogP contribution in [0.2, 0.25) is 0 Å². The van der Waals surface area contributed by atoms with Crippen LogP contribution in [0.15, 0.2) is 59.1 Å². The molecule has 1 fully saturated rings. The summed E-state index contributed by atoms with van der Waals surface area (Å²) < 4.78 is 25.3. The first-order valence-electron chi connectivity index (χ1n) is 7.52. The van der Waals surface area contributed by atoms with Gasteiger partial charge in [-0.25, -0.2) is 0 Å². The molecule has 6 heteroatoms. The highest BCUT2D eigenvalue weighted by Gasteiger charge is 2.43. The van der Waals surface area contributed by atoms with Gasteiger partial charge in [0.25, 0.3) is 0 Å². The van der Waals surface area contributed by atoms with Gasteiger partial charge < -0.3 is 9.05 Å². The molecule has 0 aliphatic carbocycles.